The van der Waals surface area contributed by atoms with Gasteiger partial charge in [-0.2, -0.15) is 5.10 Å². The van der Waals surface area contributed by atoms with Crippen molar-refractivity contribution in [2.75, 3.05) is 13.2 Å². The summed E-state index contributed by atoms with van der Waals surface area (Å²) in [5.74, 6) is -0.293. The predicted molar refractivity (Wildman–Crippen MR) is 90.1 cm³/mol. The van der Waals surface area contributed by atoms with Crippen molar-refractivity contribution in [3.05, 3.63) is 65.7 Å². The number of amides is 1. The molecule has 124 valence electrons. The summed E-state index contributed by atoms with van der Waals surface area (Å²) in [7, 11) is 0. The topological polar surface area (TPSA) is 77.0 Å². The fourth-order valence-electron chi connectivity index (χ4n) is 1.80. The molecule has 0 saturated heterocycles. The van der Waals surface area contributed by atoms with Crippen LogP contribution in [0.3, 0.4) is 0 Å². The SMILES string of the molecule is CCOC(=O)c1ccc(OCC(=O)NN=Cc2ccccc2)cc1. The van der Waals surface area contributed by atoms with Crippen LogP contribution in [0.5, 0.6) is 5.75 Å². The van der Waals surface area contributed by atoms with Gasteiger partial charge >= 0.3 is 5.97 Å². The zero-order chi connectivity index (χ0) is 17.2. The second-order valence-electron chi connectivity index (χ2n) is 4.74. The molecule has 2 aromatic carbocycles. The van der Waals surface area contributed by atoms with E-state index in [1.807, 2.05) is 30.3 Å². The summed E-state index contributed by atoms with van der Waals surface area (Å²) in [6, 6.07) is 15.8. The smallest absolute Gasteiger partial charge is 0.338 e. The van der Waals surface area contributed by atoms with Gasteiger partial charge in [-0.05, 0) is 36.8 Å². The molecule has 1 N–H and O–H groups in total. The first-order valence-corrected chi connectivity index (χ1v) is 7.46. The zero-order valence-corrected chi connectivity index (χ0v) is 13.3. The summed E-state index contributed by atoms with van der Waals surface area (Å²) in [5, 5.41) is 3.85. The Kier molecular flexibility index (Phi) is 6.52. The van der Waals surface area contributed by atoms with Crippen LogP contribution in [-0.2, 0) is 9.53 Å². The summed E-state index contributed by atoms with van der Waals surface area (Å²) < 4.78 is 10.2. The van der Waals surface area contributed by atoms with Crippen molar-refractivity contribution >= 4 is 18.1 Å². The van der Waals surface area contributed by atoms with Crippen molar-refractivity contribution in [1.82, 2.24) is 5.43 Å². The molecule has 0 aromatic heterocycles. The highest BCUT2D eigenvalue weighted by atomic mass is 16.5. The molecule has 0 atom stereocenters. The molecular formula is C18H18N2O4. The Balaban J connectivity index is 1.77. The Morgan fingerprint density at radius 3 is 2.46 bits per heavy atom. The summed E-state index contributed by atoms with van der Waals surface area (Å²) >= 11 is 0. The summed E-state index contributed by atoms with van der Waals surface area (Å²) in [5.41, 5.74) is 3.69. The van der Waals surface area contributed by atoms with Gasteiger partial charge in [0.2, 0.25) is 0 Å². The monoisotopic (exact) mass is 326 g/mol. The van der Waals surface area contributed by atoms with Crippen molar-refractivity contribution in [2.24, 2.45) is 5.10 Å². The van der Waals surface area contributed by atoms with E-state index in [0.29, 0.717) is 17.9 Å². The zero-order valence-electron chi connectivity index (χ0n) is 13.3. The van der Waals surface area contributed by atoms with Crippen LogP contribution in [0.4, 0.5) is 0 Å². The standard InChI is InChI=1S/C18H18N2O4/c1-2-23-18(22)15-8-10-16(11-9-15)24-13-17(21)20-19-12-14-6-4-3-5-7-14/h3-12H,2,13H2,1H3,(H,20,21). The van der Waals surface area contributed by atoms with Crippen LogP contribution in [0.1, 0.15) is 22.8 Å². The number of carbonyl (C=O) groups is 2. The van der Waals surface area contributed by atoms with Crippen molar-refractivity contribution < 1.29 is 19.1 Å². The van der Waals surface area contributed by atoms with E-state index >= 15 is 0 Å². The van der Waals surface area contributed by atoms with E-state index in [1.165, 1.54) is 0 Å². The highest BCUT2D eigenvalue weighted by molar-refractivity contribution is 5.89. The minimum atomic E-state index is -0.392. The van der Waals surface area contributed by atoms with Crippen LogP contribution in [0.15, 0.2) is 59.7 Å². The summed E-state index contributed by atoms with van der Waals surface area (Å²) in [6.45, 7) is 1.89. The molecule has 0 heterocycles. The predicted octanol–water partition coefficient (Wildman–Crippen LogP) is 2.39. The number of rotatable bonds is 7. The number of ether oxygens (including phenoxy) is 2. The molecule has 6 heteroatoms. The first kappa shape index (κ1) is 17.2. The van der Waals surface area contributed by atoms with Gasteiger partial charge in [0.25, 0.3) is 5.91 Å². The molecule has 6 nitrogen and oxygen atoms in total. The minimum absolute atomic E-state index is 0.176. The Bertz CT molecular complexity index is 697. The lowest BCUT2D eigenvalue weighted by Crippen LogP contribution is -2.24. The van der Waals surface area contributed by atoms with Crippen LogP contribution in [0.2, 0.25) is 0 Å². The van der Waals surface area contributed by atoms with Crippen molar-refractivity contribution in [3.8, 4) is 5.75 Å². The van der Waals surface area contributed by atoms with E-state index in [2.05, 4.69) is 10.5 Å². The van der Waals surface area contributed by atoms with Gasteiger partial charge < -0.3 is 9.47 Å². The number of nitrogens with one attached hydrogen (secondary N) is 1. The molecule has 0 spiro atoms. The Hall–Kier alpha value is -3.15. The van der Waals surface area contributed by atoms with Crippen molar-refractivity contribution in [2.45, 2.75) is 6.92 Å². The number of hydrogen-bond acceptors (Lipinski definition) is 5. The number of nitrogens with zero attached hydrogens (tertiary/aromatic N) is 1. The molecule has 0 unspecified atom stereocenters. The summed E-state index contributed by atoms with van der Waals surface area (Å²) in [6.07, 6.45) is 1.55. The highest BCUT2D eigenvalue weighted by Gasteiger charge is 2.06. The maximum Gasteiger partial charge on any atom is 0.338 e. The van der Waals surface area contributed by atoms with E-state index in [-0.39, 0.29) is 12.5 Å². The third-order valence-electron chi connectivity index (χ3n) is 2.94. The van der Waals surface area contributed by atoms with Gasteiger partial charge in [-0.3, -0.25) is 4.79 Å². The second-order valence-corrected chi connectivity index (χ2v) is 4.74. The van der Waals surface area contributed by atoms with Gasteiger partial charge in [-0.15, -0.1) is 0 Å². The molecule has 0 aliphatic carbocycles. The average molecular weight is 326 g/mol. The molecule has 0 fully saturated rings. The fourth-order valence-corrected chi connectivity index (χ4v) is 1.80. The van der Waals surface area contributed by atoms with Crippen LogP contribution in [0, 0.1) is 0 Å². The number of hydrogen-bond donors (Lipinski definition) is 1. The lowest BCUT2D eigenvalue weighted by Gasteiger charge is -2.06. The number of esters is 1. The average Bonchev–Trinajstić information content (AvgIpc) is 2.61. The first-order valence-electron chi connectivity index (χ1n) is 7.46. The molecule has 0 bridgehead atoms. The lowest BCUT2D eigenvalue weighted by molar-refractivity contribution is -0.123. The largest absolute Gasteiger partial charge is 0.484 e. The van der Waals surface area contributed by atoms with E-state index in [0.717, 1.165) is 5.56 Å². The number of benzene rings is 2. The van der Waals surface area contributed by atoms with Gasteiger partial charge in [0.05, 0.1) is 18.4 Å². The van der Waals surface area contributed by atoms with Crippen LogP contribution >= 0.6 is 0 Å². The van der Waals surface area contributed by atoms with Gasteiger partial charge in [-0.1, -0.05) is 30.3 Å². The first-order chi connectivity index (χ1) is 11.7. The van der Waals surface area contributed by atoms with E-state index < -0.39 is 5.97 Å². The molecule has 0 aliphatic rings. The third kappa shape index (κ3) is 5.57. The quantitative estimate of drug-likeness (QED) is 0.481. The van der Waals surface area contributed by atoms with E-state index in [9.17, 15) is 9.59 Å². The molecule has 2 aromatic rings. The number of carbonyl (C=O) groups excluding carboxylic acids is 2. The highest BCUT2D eigenvalue weighted by Crippen LogP contribution is 2.12. The van der Waals surface area contributed by atoms with Crippen molar-refractivity contribution in [3.63, 3.8) is 0 Å². The van der Waals surface area contributed by atoms with Gasteiger partial charge in [0.1, 0.15) is 5.75 Å². The van der Waals surface area contributed by atoms with Gasteiger partial charge in [-0.25, -0.2) is 10.2 Å². The molecule has 0 radical (unpaired) electrons. The second kappa shape index (κ2) is 9.09. The normalized spacial score (nSPS) is 10.4. The van der Waals surface area contributed by atoms with Crippen LogP contribution in [0.25, 0.3) is 0 Å². The van der Waals surface area contributed by atoms with Gasteiger partial charge in [0, 0.05) is 0 Å². The number of hydrazone groups is 1. The maximum atomic E-state index is 11.6. The minimum Gasteiger partial charge on any atom is -0.484 e. The fraction of sp³-hybridized carbons (Fsp3) is 0.167. The molecule has 2 rings (SSSR count). The van der Waals surface area contributed by atoms with Crippen LogP contribution in [-0.4, -0.2) is 31.3 Å². The van der Waals surface area contributed by atoms with Crippen LogP contribution < -0.4 is 10.2 Å². The Labute approximate surface area is 140 Å². The summed E-state index contributed by atoms with van der Waals surface area (Å²) in [4.78, 5) is 23.2. The Morgan fingerprint density at radius 2 is 1.79 bits per heavy atom. The molecule has 0 saturated carbocycles. The van der Waals surface area contributed by atoms with E-state index in [4.69, 9.17) is 9.47 Å². The molecule has 24 heavy (non-hydrogen) atoms. The van der Waals surface area contributed by atoms with Crippen molar-refractivity contribution in [1.29, 1.82) is 0 Å². The Morgan fingerprint density at radius 1 is 1.08 bits per heavy atom. The lowest BCUT2D eigenvalue weighted by atomic mass is 10.2. The molecule has 1 amide bonds. The molecule has 0 aliphatic heterocycles. The third-order valence-corrected chi connectivity index (χ3v) is 2.94. The molecular weight excluding hydrogens is 308 g/mol. The maximum absolute atomic E-state index is 11.6. The van der Waals surface area contributed by atoms with Gasteiger partial charge in [0.15, 0.2) is 6.61 Å². The van der Waals surface area contributed by atoms with E-state index in [1.54, 1.807) is 37.4 Å².